The lowest BCUT2D eigenvalue weighted by Gasteiger charge is -2.09. The van der Waals surface area contributed by atoms with Gasteiger partial charge in [0.15, 0.2) is 5.82 Å². The summed E-state index contributed by atoms with van der Waals surface area (Å²) in [6.45, 7) is 2.13. The van der Waals surface area contributed by atoms with E-state index in [1.807, 2.05) is 0 Å². The van der Waals surface area contributed by atoms with Crippen molar-refractivity contribution in [3.63, 3.8) is 0 Å². The molecule has 0 spiro atoms. The van der Waals surface area contributed by atoms with Crippen LogP contribution in [0.3, 0.4) is 0 Å². The van der Waals surface area contributed by atoms with Crippen LogP contribution in [0.1, 0.15) is 11.4 Å². The highest BCUT2D eigenvalue weighted by atomic mass is 19.1. The van der Waals surface area contributed by atoms with Crippen LogP contribution in [0.5, 0.6) is 5.75 Å². The van der Waals surface area contributed by atoms with Crippen LogP contribution >= 0.6 is 0 Å². The van der Waals surface area contributed by atoms with Gasteiger partial charge in [-0.05, 0) is 17.7 Å². The van der Waals surface area contributed by atoms with E-state index in [4.69, 9.17) is 9.47 Å². The van der Waals surface area contributed by atoms with E-state index in [0.717, 1.165) is 5.56 Å². The summed E-state index contributed by atoms with van der Waals surface area (Å²) in [6, 6.07) is 4.64. The topological polar surface area (TPSA) is 61.2 Å². The molecular weight excluding hydrogens is 275 g/mol. The lowest BCUT2D eigenvalue weighted by atomic mass is 10.2. The Bertz CT molecular complexity index is 574. The molecule has 0 aliphatic carbocycles. The summed E-state index contributed by atoms with van der Waals surface area (Å²) < 4.78 is 25.7. The van der Waals surface area contributed by atoms with Crippen LogP contribution in [0.15, 0.2) is 24.5 Å². The third-order valence-corrected chi connectivity index (χ3v) is 2.92. The molecule has 0 aliphatic rings. The lowest BCUT2D eigenvalue weighted by molar-refractivity contribution is 0.199. The fraction of sp³-hybridized carbons (Fsp3) is 0.429. The van der Waals surface area contributed by atoms with Crippen molar-refractivity contribution in [1.29, 1.82) is 0 Å². The van der Waals surface area contributed by atoms with E-state index in [0.29, 0.717) is 31.3 Å². The van der Waals surface area contributed by atoms with Gasteiger partial charge >= 0.3 is 0 Å². The fourth-order valence-corrected chi connectivity index (χ4v) is 1.81. The number of ether oxygens (including phenoxy) is 2. The molecule has 1 aromatic carbocycles. The quantitative estimate of drug-likeness (QED) is 0.743. The molecule has 0 saturated carbocycles. The molecule has 114 valence electrons. The maximum atomic E-state index is 13.6. The zero-order valence-corrected chi connectivity index (χ0v) is 12.2. The number of nitrogens with one attached hydrogen (secondary N) is 1. The van der Waals surface area contributed by atoms with Gasteiger partial charge in [-0.2, -0.15) is 5.10 Å². The van der Waals surface area contributed by atoms with Gasteiger partial charge in [-0.3, -0.25) is 4.68 Å². The largest absolute Gasteiger partial charge is 0.486 e. The molecule has 0 bridgehead atoms. The summed E-state index contributed by atoms with van der Waals surface area (Å²) >= 11 is 0. The number of aryl methyl sites for hydroxylation is 1. The summed E-state index contributed by atoms with van der Waals surface area (Å²) in [5, 5.41) is 7.11. The molecule has 2 rings (SSSR count). The highest BCUT2D eigenvalue weighted by Gasteiger charge is 2.05. The van der Waals surface area contributed by atoms with E-state index < -0.39 is 0 Å². The molecule has 0 fully saturated rings. The van der Waals surface area contributed by atoms with Gasteiger partial charge in [0.25, 0.3) is 0 Å². The lowest BCUT2D eigenvalue weighted by Crippen LogP contribution is -2.18. The summed E-state index contributed by atoms with van der Waals surface area (Å²) in [5.74, 6) is 0.828. The minimum absolute atomic E-state index is 0.247. The molecule has 7 heteroatoms. The van der Waals surface area contributed by atoms with Crippen molar-refractivity contribution >= 4 is 0 Å². The monoisotopic (exact) mass is 294 g/mol. The first-order valence-electron chi connectivity index (χ1n) is 6.64. The van der Waals surface area contributed by atoms with Crippen molar-refractivity contribution in [2.24, 2.45) is 7.05 Å². The summed E-state index contributed by atoms with van der Waals surface area (Å²) in [7, 11) is 3.42. The van der Waals surface area contributed by atoms with E-state index in [-0.39, 0.29) is 12.4 Å². The van der Waals surface area contributed by atoms with E-state index in [1.54, 1.807) is 24.9 Å². The Morgan fingerprint density at radius 3 is 2.90 bits per heavy atom. The zero-order chi connectivity index (χ0) is 15.1. The van der Waals surface area contributed by atoms with Crippen LogP contribution in [0.4, 0.5) is 4.39 Å². The smallest absolute Gasteiger partial charge is 0.164 e. The van der Waals surface area contributed by atoms with Gasteiger partial charge < -0.3 is 14.8 Å². The predicted octanol–water partition coefficient (Wildman–Crippen LogP) is 1.27. The molecule has 1 aromatic heterocycles. The van der Waals surface area contributed by atoms with Crippen LogP contribution in [-0.2, 0) is 24.9 Å². The third-order valence-electron chi connectivity index (χ3n) is 2.92. The Balaban J connectivity index is 1.93. The highest BCUT2D eigenvalue weighted by molar-refractivity contribution is 5.29. The molecule has 2 aromatic rings. The van der Waals surface area contributed by atoms with Crippen LogP contribution in [0.25, 0.3) is 0 Å². The first kappa shape index (κ1) is 15.4. The Morgan fingerprint density at radius 2 is 2.19 bits per heavy atom. The molecule has 0 radical (unpaired) electrons. The Labute approximate surface area is 122 Å². The number of aromatic nitrogens is 3. The van der Waals surface area contributed by atoms with E-state index in [9.17, 15) is 4.39 Å². The van der Waals surface area contributed by atoms with E-state index >= 15 is 0 Å². The fourth-order valence-electron chi connectivity index (χ4n) is 1.81. The van der Waals surface area contributed by atoms with Gasteiger partial charge in [0.1, 0.15) is 24.5 Å². The molecule has 0 amide bonds. The minimum atomic E-state index is -0.325. The molecule has 1 N–H and O–H groups in total. The number of rotatable bonds is 8. The summed E-state index contributed by atoms with van der Waals surface area (Å²) in [6.07, 6.45) is 1.45. The molecule has 0 saturated heterocycles. The normalized spacial score (nSPS) is 10.8. The molecule has 6 nitrogen and oxygen atoms in total. The maximum absolute atomic E-state index is 13.6. The third kappa shape index (κ3) is 4.80. The van der Waals surface area contributed by atoms with Crippen LogP contribution in [-0.4, -0.2) is 35.0 Å². The Morgan fingerprint density at radius 1 is 1.33 bits per heavy atom. The van der Waals surface area contributed by atoms with Crippen molar-refractivity contribution < 1.29 is 13.9 Å². The minimum Gasteiger partial charge on any atom is -0.486 e. The van der Waals surface area contributed by atoms with Crippen LogP contribution in [0.2, 0.25) is 0 Å². The molecular formula is C14H19FN4O2. The van der Waals surface area contributed by atoms with Crippen molar-refractivity contribution in [1.82, 2.24) is 20.1 Å². The Kier molecular flexibility index (Phi) is 5.65. The first-order valence-corrected chi connectivity index (χ1v) is 6.64. The van der Waals surface area contributed by atoms with Gasteiger partial charge in [0.05, 0.1) is 6.61 Å². The number of hydrogen-bond acceptors (Lipinski definition) is 5. The van der Waals surface area contributed by atoms with Crippen molar-refractivity contribution in [3.8, 4) is 5.75 Å². The second-order valence-electron chi connectivity index (χ2n) is 4.55. The maximum Gasteiger partial charge on any atom is 0.164 e. The number of hydrogen-bond donors (Lipinski definition) is 1. The van der Waals surface area contributed by atoms with Gasteiger partial charge in [-0.25, -0.2) is 9.37 Å². The first-order chi connectivity index (χ1) is 10.2. The Hall–Kier alpha value is -1.99. The van der Waals surface area contributed by atoms with Crippen molar-refractivity contribution in [3.05, 3.63) is 41.7 Å². The number of benzene rings is 1. The standard InChI is InChI=1S/C14H19FN4O2/c1-19-14(17-10-18-19)9-21-13-6-11(5-12(15)7-13)8-16-3-4-20-2/h5-7,10,16H,3-4,8-9H2,1-2H3. The van der Waals surface area contributed by atoms with E-state index in [2.05, 4.69) is 15.4 Å². The molecule has 0 aliphatic heterocycles. The second-order valence-corrected chi connectivity index (χ2v) is 4.55. The number of halogens is 1. The molecule has 0 unspecified atom stereocenters. The molecule has 21 heavy (non-hydrogen) atoms. The summed E-state index contributed by atoms with van der Waals surface area (Å²) in [4.78, 5) is 4.05. The molecule has 1 heterocycles. The average Bonchev–Trinajstić information content (AvgIpc) is 2.86. The zero-order valence-electron chi connectivity index (χ0n) is 12.2. The summed E-state index contributed by atoms with van der Waals surface area (Å²) in [5.41, 5.74) is 0.819. The predicted molar refractivity (Wildman–Crippen MR) is 75.3 cm³/mol. The van der Waals surface area contributed by atoms with Gasteiger partial charge in [-0.1, -0.05) is 0 Å². The van der Waals surface area contributed by atoms with Crippen molar-refractivity contribution in [2.75, 3.05) is 20.3 Å². The van der Waals surface area contributed by atoms with Crippen LogP contribution < -0.4 is 10.1 Å². The second kappa shape index (κ2) is 7.70. The van der Waals surface area contributed by atoms with Gasteiger partial charge in [-0.15, -0.1) is 0 Å². The van der Waals surface area contributed by atoms with Gasteiger partial charge in [0.2, 0.25) is 0 Å². The molecule has 0 atom stereocenters. The number of nitrogens with zero attached hydrogens (tertiary/aromatic N) is 3. The van der Waals surface area contributed by atoms with Crippen molar-refractivity contribution in [2.45, 2.75) is 13.2 Å². The average molecular weight is 294 g/mol. The van der Waals surface area contributed by atoms with Gasteiger partial charge in [0, 0.05) is 33.3 Å². The van der Waals surface area contributed by atoms with E-state index in [1.165, 1.54) is 18.5 Å². The highest BCUT2D eigenvalue weighted by Crippen LogP contribution is 2.17. The number of methoxy groups -OCH3 is 1. The van der Waals surface area contributed by atoms with Crippen LogP contribution in [0, 0.1) is 5.82 Å². The SMILES string of the molecule is COCCNCc1cc(F)cc(OCc2ncnn2C)c1.